The molecule has 0 amide bonds. The molecule has 6 heteroatoms. The van der Waals surface area contributed by atoms with Crippen molar-refractivity contribution in [3.05, 3.63) is 97.1 Å². The van der Waals surface area contributed by atoms with Crippen LogP contribution in [-0.2, 0) is 0 Å². The number of hydrogen-bond acceptors (Lipinski definition) is 6. The van der Waals surface area contributed by atoms with Crippen molar-refractivity contribution in [2.24, 2.45) is 0 Å². The molecule has 0 saturated carbocycles. The lowest BCUT2D eigenvalue weighted by Crippen LogP contribution is -1.86. The maximum absolute atomic E-state index is 6.00. The summed E-state index contributed by atoms with van der Waals surface area (Å²) in [6.07, 6.45) is 0. The van der Waals surface area contributed by atoms with Crippen molar-refractivity contribution in [3.63, 3.8) is 0 Å². The maximum Gasteiger partial charge on any atom is 0.248 e. The Bertz CT molecular complexity index is 1410. The molecule has 4 aromatic carbocycles. The molecule has 0 aliphatic carbocycles. The second kappa shape index (κ2) is 7.59. The molecular weight excluding hydrogens is 400 g/mol. The molecule has 152 valence electrons. The highest BCUT2D eigenvalue weighted by atomic mass is 16.4. The van der Waals surface area contributed by atoms with Gasteiger partial charge in [-0.2, -0.15) is 0 Å². The summed E-state index contributed by atoms with van der Waals surface area (Å²) in [5.41, 5.74) is 3.46. The zero-order valence-electron chi connectivity index (χ0n) is 16.8. The van der Waals surface area contributed by atoms with E-state index in [0.29, 0.717) is 23.6 Å². The lowest BCUT2D eigenvalue weighted by molar-refractivity contribution is 0.583. The van der Waals surface area contributed by atoms with Crippen LogP contribution in [0.3, 0.4) is 0 Å². The highest BCUT2D eigenvalue weighted by Crippen LogP contribution is 2.36. The number of rotatable bonds is 4. The molecular formula is C26H16N4O2. The van der Waals surface area contributed by atoms with E-state index in [-0.39, 0.29) is 0 Å². The van der Waals surface area contributed by atoms with Gasteiger partial charge in [0.15, 0.2) is 0 Å². The Morgan fingerprint density at radius 3 is 1.19 bits per heavy atom. The Morgan fingerprint density at radius 1 is 0.375 bits per heavy atom. The predicted molar refractivity (Wildman–Crippen MR) is 121 cm³/mol. The molecule has 6 nitrogen and oxygen atoms in total. The Balaban J connectivity index is 1.44. The molecule has 2 heterocycles. The Labute approximate surface area is 183 Å². The van der Waals surface area contributed by atoms with Crippen LogP contribution in [0.25, 0.3) is 56.6 Å². The van der Waals surface area contributed by atoms with Gasteiger partial charge in [-0.15, -0.1) is 20.4 Å². The van der Waals surface area contributed by atoms with Gasteiger partial charge in [0.05, 0.1) is 0 Å². The van der Waals surface area contributed by atoms with Crippen LogP contribution >= 0.6 is 0 Å². The van der Waals surface area contributed by atoms with E-state index in [1.54, 1.807) is 0 Å². The second-order valence-electron chi connectivity index (χ2n) is 7.26. The van der Waals surface area contributed by atoms with Gasteiger partial charge in [0.1, 0.15) is 0 Å². The van der Waals surface area contributed by atoms with Crippen LogP contribution in [0.15, 0.2) is 106 Å². The third kappa shape index (κ3) is 3.15. The molecule has 0 bridgehead atoms. The van der Waals surface area contributed by atoms with Crippen LogP contribution < -0.4 is 0 Å². The monoisotopic (exact) mass is 416 g/mol. The normalized spacial score (nSPS) is 11.1. The lowest BCUT2D eigenvalue weighted by atomic mass is 9.99. The minimum absolute atomic E-state index is 0.460. The molecule has 0 N–H and O–H groups in total. The fraction of sp³-hybridized carbons (Fsp3) is 0. The average molecular weight is 416 g/mol. The quantitative estimate of drug-likeness (QED) is 0.337. The molecule has 0 fully saturated rings. The van der Waals surface area contributed by atoms with Crippen molar-refractivity contribution in [3.8, 4) is 45.8 Å². The van der Waals surface area contributed by atoms with Gasteiger partial charge in [-0.05, 0) is 47.2 Å². The van der Waals surface area contributed by atoms with Crippen molar-refractivity contribution in [2.75, 3.05) is 0 Å². The summed E-state index contributed by atoms with van der Waals surface area (Å²) >= 11 is 0. The van der Waals surface area contributed by atoms with Crippen molar-refractivity contribution in [2.45, 2.75) is 0 Å². The van der Waals surface area contributed by atoms with E-state index in [1.165, 1.54) is 0 Å². The second-order valence-corrected chi connectivity index (χ2v) is 7.26. The van der Waals surface area contributed by atoms with Crippen LogP contribution in [0.5, 0.6) is 0 Å². The molecule has 6 aromatic rings. The fourth-order valence-electron chi connectivity index (χ4n) is 3.73. The highest BCUT2D eigenvalue weighted by Gasteiger charge is 2.18. The zero-order valence-corrected chi connectivity index (χ0v) is 16.8. The smallest absolute Gasteiger partial charge is 0.248 e. The third-order valence-corrected chi connectivity index (χ3v) is 5.28. The predicted octanol–water partition coefficient (Wildman–Crippen LogP) is 6.27. The molecule has 0 radical (unpaired) electrons. The van der Waals surface area contributed by atoms with Crippen LogP contribution in [-0.4, -0.2) is 20.4 Å². The van der Waals surface area contributed by atoms with Gasteiger partial charge in [-0.25, -0.2) is 0 Å². The molecule has 32 heavy (non-hydrogen) atoms. The third-order valence-electron chi connectivity index (χ3n) is 5.28. The van der Waals surface area contributed by atoms with Crippen LogP contribution in [0.1, 0.15) is 0 Å². The van der Waals surface area contributed by atoms with E-state index in [4.69, 9.17) is 8.83 Å². The van der Waals surface area contributed by atoms with E-state index in [1.807, 2.05) is 97.1 Å². The van der Waals surface area contributed by atoms with Crippen LogP contribution in [0.2, 0.25) is 0 Å². The zero-order chi connectivity index (χ0) is 21.3. The number of hydrogen-bond donors (Lipinski definition) is 0. The van der Waals surface area contributed by atoms with E-state index in [2.05, 4.69) is 20.4 Å². The summed E-state index contributed by atoms with van der Waals surface area (Å²) in [6.45, 7) is 0. The van der Waals surface area contributed by atoms with Gasteiger partial charge >= 0.3 is 0 Å². The molecule has 2 aromatic heterocycles. The van der Waals surface area contributed by atoms with Gasteiger partial charge in [0.2, 0.25) is 23.6 Å². The van der Waals surface area contributed by atoms with Crippen molar-refractivity contribution in [1.82, 2.24) is 20.4 Å². The summed E-state index contributed by atoms with van der Waals surface area (Å²) in [4.78, 5) is 0. The molecule has 0 saturated heterocycles. The van der Waals surface area contributed by atoms with Gasteiger partial charge < -0.3 is 8.83 Å². The lowest BCUT2D eigenvalue weighted by Gasteiger charge is -2.06. The summed E-state index contributed by atoms with van der Waals surface area (Å²) in [7, 11) is 0. The number of fused-ring (bicyclic) bond motifs is 1. The Morgan fingerprint density at radius 2 is 0.750 bits per heavy atom. The maximum atomic E-state index is 6.00. The van der Waals surface area contributed by atoms with Crippen molar-refractivity contribution in [1.29, 1.82) is 0 Å². The molecule has 0 atom stereocenters. The average Bonchev–Trinajstić information content (AvgIpc) is 3.55. The van der Waals surface area contributed by atoms with E-state index in [0.717, 1.165) is 33.0 Å². The molecule has 0 aliphatic heterocycles. The summed E-state index contributed by atoms with van der Waals surface area (Å²) in [5, 5.41) is 19.0. The number of aromatic nitrogens is 4. The molecule has 0 spiro atoms. The first-order valence-electron chi connectivity index (χ1n) is 10.2. The topological polar surface area (TPSA) is 77.8 Å². The largest absolute Gasteiger partial charge is 0.416 e. The summed E-state index contributed by atoms with van der Waals surface area (Å²) < 4.78 is 12.0. The molecule has 6 rings (SSSR count). The SMILES string of the molecule is c1ccc(-c2nnc(-c3ccc(-c4nnc(-c5ccccc5)o4)c4ccccc34)o2)cc1. The van der Waals surface area contributed by atoms with E-state index in [9.17, 15) is 0 Å². The van der Waals surface area contributed by atoms with Gasteiger partial charge in [0.25, 0.3) is 0 Å². The number of nitrogens with zero attached hydrogens (tertiary/aromatic N) is 4. The van der Waals surface area contributed by atoms with E-state index >= 15 is 0 Å². The minimum atomic E-state index is 0.460. The van der Waals surface area contributed by atoms with Crippen LogP contribution in [0, 0.1) is 0 Å². The van der Waals surface area contributed by atoms with Gasteiger partial charge in [-0.1, -0.05) is 60.7 Å². The highest BCUT2D eigenvalue weighted by molar-refractivity contribution is 6.02. The van der Waals surface area contributed by atoms with Gasteiger partial charge in [0, 0.05) is 22.3 Å². The first-order valence-corrected chi connectivity index (χ1v) is 10.2. The number of benzene rings is 4. The molecule has 0 aliphatic rings. The Kier molecular flexibility index (Phi) is 4.32. The minimum Gasteiger partial charge on any atom is -0.416 e. The fourth-order valence-corrected chi connectivity index (χ4v) is 3.73. The van der Waals surface area contributed by atoms with Crippen molar-refractivity contribution < 1.29 is 8.83 Å². The van der Waals surface area contributed by atoms with Gasteiger partial charge in [-0.3, -0.25) is 0 Å². The standard InChI is InChI=1S/C26H16N4O2/c1-3-9-17(10-4-1)23-27-29-25(31-23)21-15-16-22(20-14-8-7-13-19(20)21)26-30-28-24(32-26)18-11-5-2-6-12-18/h1-16H. The molecule has 0 unspecified atom stereocenters. The summed E-state index contributed by atoms with van der Waals surface area (Å²) in [6, 6.07) is 31.3. The van der Waals surface area contributed by atoms with E-state index < -0.39 is 0 Å². The first kappa shape index (κ1) is 18.2. The van der Waals surface area contributed by atoms with Crippen molar-refractivity contribution >= 4 is 10.8 Å². The summed E-state index contributed by atoms with van der Waals surface area (Å²) in [5.74, 6) is 1.89. The Hall–Kier alpha value is -4.58. The first-order chi connectivity index (χ1) is 15.9. The van der Waals surface area contributed by atoms with Crippen LogP contribution in [0.4, 0.5) is 0 Å².